The van der Waals surface area contributed by atoms with E-state index in [4.69, 9.17) is 14.2 Å². The van der Waals surface area contributed by atoms with Crippen molar-refractivity contribution in [1.82, 2.24) is 0 Å². The average Bonchev–Trinajstić information content (AvgIpc) is 3.19. The Hall–Kier alpha value is -2.19. The zero-order chi connectivity index (χ0) is 43.5. The summed E-state index contributed by atoms with van der Waals surface area (Å²) < 4.78 is 17.3. The van der Waals surface area contributed by atoms with E-state index >= 15 is 0 Å². The van der Waals surface area contributed by atoms with Crippen molar-refractivity contribution in [3.8, 4) is 0 Å². The zero-order valence-corrected chi connectivity index (χ0v) is 39.5. The van der Waals surface area contributed by atoms with E-state index < -0.39 is 18.1 Å². The Kier molecular flexibility index (Phi) is 40.9. The molecule has 0 aromatic heterocycles. The molecule has 0 aliphatic carbocycles. The Balaban J connectivity index is 4.19. The molecule has 0 aromatic rings. The molecule has 0 bridgehead atoms. The zero-order valence-electron chi connectivity index (χ0n) is 39.5. The highest BCUT2D eigenvalue weighted by Crippen LogP contribution is 2.16. The molecule has 0 heterocycles. The molecule has 2 unspecified atom stereocenters. The quantitative estimate of drug-likeness (QED) is 0.0282. The molecule has 1 N–H and O–H groups in total. The van der Waals surface area contributed by atoms with Crippen LogP contribution in [0.2, 0.25) is 0 Å². The third kappa shape index (κ3) is 41.0. The maximum Gasteiger partial charge on any atom is 0.362 e. The molecule has 346 valence electrons. The monoisotopic (exact) mass is 835 g/mol. The van der Waals surface area contributed by atoms with Gasteiger partial charge in [-0.05, 0) is 38.5 Å². The molecule has 0 amide bonds. The number of carbonyl (C=O) groups is 3. The SMILES string of the molecule is CC/C=C/C/C=C/CCCCCCCCCC(=O)OC(COCCC(C(=O)O)[N+](C)(C)C)COC(=O)CCCCCCCCCCCCCCCCCCCCCCC. The first kappa shape index (κ1) is 56.8. The number of carboxylic acid groups (broad SMARTS) is 1. The number of carboxylic acids is 1. The Morgan fingerprint density at radius 2 is 0.949 bits per heavy atom. The van der Waals surface area contributed by atoms with Crippen LogP contribution in [0.15, 0.2) is 24.3 Å². The summed E-state index contributed by atoms with van der Waals surface area (Å²) >= 11 is 0. The van der Waals surface area contributed by atoms with Crippen molar-refractivity contribution < 1.29 is 38.2 Å². The first-order valence-electron chi connectivity index (χ1n) is 24.9. The number of unbranched alkanes of at least 4 members (excludes halogenated alkanes) is 27. The number of quaternary nitrogens is 1. The molecule has 0 spiro atoms. The van der Waals surface area contributed by atoms with Gasteiger partial charge in [0, 0.05) is 19.3 Å². The van der Waals surface area contributed by atoms with Crippen molar-refractivity contribution >= 4 is 17.9 Å². The molecule has 0 radical (unpaired) electrons. The Morgan fingerprint density at radius 1 is 0.525 bits per heavy atom. The van der Waals surface area contributed by atoms with Crippen LogP contribution in [0.4, 0.5) is 0 Å². The first-order valence-corrected chi connectivity index (χ1v) is 24.9. The van der Waals surface area contributed by atoms with Crippen LogP contribution in [0.5, 0.6) is 0 Å². The number of rotatable bonds is 45. The van der Waals surface area contributed by atoms with Gasteiger partial charge in [-0.2, -0.15) is 0 Å². The van der Waals surface area contributed by atoms with E-state index in [1.165, 1.54) is 141 Å². The van der Waals surface area contributed by atoms with Crippen LogP contribution in [-0.4, -0.2) is 80.6 Å². The van der Waals surface area contributed by atoms with Crippen molar-refractivity contribution in [2.24, 2.45) is 0 Å². The van der Waals surface area contributed by atoms with Crippen molar-refractivity contribution in [1.29, 1.82) is 0 Å². The second kappa shape index (κ2) is 42.5. The lowest BCUT2D eigenvalue weighted by molar-refractivity contribution is -0.887. The van der Waals surface area contributed by atoms with E-state index in [9.17, 15) is 19.5 Å². The van der Waals surface area contributed by atoms with Gasteiger partial charge in [0.05, 0.1) is 34.4 Å². The summed E-state index contributed by atoms with van der Waals surface area (Å²) in [5, 5.41) is 9.64. The highest BCUT2D eigenvalue weighted by Gasteiger charge is 2.31. The van der Waals surface area contributed by atoms with Gasteiger partial charge < -0.3 is 23.8 Å². The number of likely N-dealkylation sites (N-methyl/N-ethyl adjacent to an activating group) is 1. The van der Waals surface area contributed by atoms with Gasteiger partial charge in [-0.1, -0.05) is 199 Å². The molecular formula is C51H96NO7+. The van der Waals surface area contributed by atoms with Gasteiger partial charge in [-0.15, -0.1) is 0 Å². The first-order chi connectivity index (χ1) is 28.6. The molecule has 0 fully saturated rings. The maximum absolute atomic E-state index is 12.7. The van der Waals surface area contributed by atoms with Crippen LogP contribution in [0.1, 0.15) is 232 Å². The van der Waals surface area contributed by atoms with Gasteiger partial charge in [-0.3, -0.25) is 9.59 Å². The Labute approximate surface area is 364 Å². The van der Waals surface area contributed by atoms with Crippen molar-refractivity contribution in [2.75, 3.05) is 41.0 Å². The highest BCUT2D eigenvalue weighted by molar-refractivity contribution is 5.72. The third-order valence-corrected chi connectivity index (χ3v) is 11.4. The van der Waals surface area contributed by atoms with Crippen molar-refractivity contribution in [2.45, 2.75) is 244 Å². The van der Waals surface area contributed by atoms with Crippen molar-refractivity contribution in [3.63, 3.8) is 0 Å². The minimum atomic E-state index is -0.874. The van der Waals surface area contributed by atoms with E-state index in [2.05, 4.69) is 38.2 Å². The number of aliphatic carboxylic acids is 1. The molecule has 0 saturated heterocycles. The van der Waals surface area contributed by atoms with E-state index in [1.807, 2.05) is 21.1 Å². The van der Waals surface area contributed by atoms with Crippen LogP contribution < -0.4 is 0 Å². The number of carbonyl (C=O) groups excluding carboxylic acids is 2. The summed E-state index contributed by atoms with van der Waals surface area (Å²) in [6.07, 6.45) is 48.0. The molecule has 0 aromatic carbocycles. The second-order valence-electron chi connectivity index (χ2n) is 18.1. The second-order valence-corrected chi connectivity index (χ2v) is 18.1. The van der Waals surface area contributed by atoms with Crippen LogP contribution in [-0.2, 0) is 28.6 Å². The fourth-order valence-corrected chi connectivity index (χ4v) is 7.54. The number of nitrogens with zero attached hydrogens (tertiary/aromatic N) is 1. The Bertz CT molecular complexity index is 1020. The minimum absolute atomic E-state index is 0.0495. The van der Waals surface area contributed by atoms with Gasteiger partial charge >= 0.3 is 17.9 Å². The normalized spacial score (nSPS) is 13.0. The molecule has 0 saturated carbocycles. The summed E-state index contributed by atoms with van der Waals surface area (Å²) in [7, 11) is 5.54. The molecule has 0 rings (SSSR count). The van der Waals surface area contributed by atoms with Crippen LogP contribution in [0, 0.1) is 0 Å². The van der Waals surface area contributed by atoms with Crippen LogP contribution in [0.25, 0.3) is 0 Å². The summed E-state index contributed by atoms with van der Waals surface area (Å²) in [6, 6.07) is -0.613. The van der Waals surface area contributed by atoms with Gasteiger partial charge in [-0.25, -0.2) is 4.79 Å². The smallest absolute Gasteiger partial charge is 0.362 e. The van der Waals surface area contributed by atoms with Gasteiger partial charge in [0.25, 0.3) is 0 Å². The lowest BCUT2D eigenvalue weighted by Gasteiger charge is -2.31. The van der Waals surface area contributed by atoms with Crippen LogP contribution in [0.3, 0.4) is 0 Å². The number of hydrogen-bond donors (Lipinski definition) is 1. The topological polar surface area (TPSA) is 99.1 Å². The molecule has 8 nitrogen and oxygen atoms in total. The highest BCUT2D eigenvalue weighted by atomic mass is 16.6. The number of hydrogen-bond acceptors (Lipinski definition) is 6. The fourth-order valence-electron chi connectivity index (χ4n) is 7.54. The largest absolute Gasteiger partial charge is 0.477 e. The van der Waals surface area contributed by atoms with Gasteiger partial charge in [0.15, 0.2) is 12.1 Å². The predicted octanol–water partition coefficient (Wildman–Crippen LogP) is 14.0. The summed E-state index contributed by atoms with van der Waals surface area (Å²) in [5.41, 5.74) is 0. The minimum Gasteiger partial charge on any atom is -0.477 e. The molecule has 8 heteroatoms. The molecular weight excluding hydrogens is 739 g/mol. The molecule has 2 atom stereocenters. The molecule has 59 heavy (non-hydrogen) atoms. The summed E-state index contributed by atoms with van der Waals surface area (Å²) in [5.74, 6) is -1.46. The predicted molar refractivity (Wildman–Crippen MR) is 248 cm³/mol. The number of esters is 2. The van der Waals surface area contributed by atoms with Gasteiger partial charge in [0.1, 0.15) is 6.61 Å². The number of allylic oxidation sites excluding steroid dienone is 4. The number of ether oxygens (including phenoxy) is 3. The maximum atomic E-state index is 12.7. The van der Waals surface area contributed by atoms with Gasteiger partial charge in [0.2, 0.25) is 0 Å². The van der Waals surface area contributed by atoms with E-state index in [-0.39, 0.29) is 36.2 Å². The Morgan fingerprint density at radius 3 is 1.39 bits per heavy atom. The fraction of sp³-hybridized carbons (Fsp3) is 0.863. The standard InChI is InChI=1S/C51H95NO7/c1-6-8-10-12-14-16-18-20-22-23-24-25-26-27-28-30-31-33-35-37-39-41-49(53)58-46-47(45-57-44-43-48(51(55)56)52(3,4)5)59-50(54)42-40-38-36-34-32-29-21-19-17-15-13-11-9-7-2/h9,11,15,17,47-48H,6-8,10,12-14,16,18-46H2,1-5H3/p+1/b11-9+,17-15+. The average molecular weight is 835 g/mol. The van der Waals surface area contributed by atoms with E-state index in [1.54, 1.807) is 0 Å². The lowest BCUT2D eigenvalue weighted by atomic mass is 10.0. The third-order valence-electron chi connectivity index (χ3n) is 11.4. The molecule has 0 aliphatic rings. The summed E-state index contributed by atoms with van der Waals surface area (Å²) in [6.45, 7) is 4.66. The lowest BCUT2D eigenvalue weighted by Crippen LogP contribution is -2.50. The van der Waals surface area contributed by atoms with Crippen LogP contribution >= 0.6 is 0 Å². The van der Waals surface area contributed by atoms with E-state index in [0.29, 0.717) is 19.3 Å². The summed E-state index contributed by atoms with van der Waals surface area (Å²) in [4.78, 5) is 37.1. The molecule has 0 aliphatic heterocycles. The van der Waals surface area contributed by atoms with E-state index in [0.717, 1.165) is 57.8 Å². The van der Waals surface area contributed by atoms with Crippen molar-refractivity contribution in [3.05, 3.63) is 24.3 Å².